The molecule has 1 rings (SSSR count). The highest BCUT2D eigenvalue weighted by molar-refractivity contribution is 5.92. The molecule has 0 aromatic rings. The number of Topliss-reactive ketones (excluding diaryl/α,β-unsaturated/α-hetero) is 1. The Morgan fingerprint density at radius 2 is 2.00 bits per heavy atom. The van der Waals surface area contributed by atoms with Gasteiger partial charge in [0.2, 0.25) is 0 Å². The van der Waals surface area contributed by atoms with E-state index in [1.807, 2.05) is 0 Å². The second-order valence-corrected chi connectivity index (χ2v) is 3.20. The van der Waals surface area contributed by atoms with Crippen LogP contribution in [0.4, 0.5) is 0 Å². The van der Waals surface area contributed by atoms with E-state index < -0.39 is 11.9 Å². The van der Waals surface area contributed by atoms with Gasteiger partial charge in [-0.15, -0.1) is 0 Å². The second kappa shape index (κ2) is 5.29. The summed E-state index contributed by atoms with van der Waals surface area (Å²) in [4.78, 5) is 32.6. The predicted molar refractivity (Wildman–Crippen MR) is 49.9 cm³/mol. The normalized spacial score (nSPS) is 20.6. The summed E-state index contributed by atoms with van der Waals surface area (Å²) in [7, 11) is 1.22. The Hall–Kier alpha value is -1.65. The average molecular weight is 212 g/mol. The fourth-order valence-electron chi connectivity index (χ4n) is 1.29. The maximum atomic E-state index is 11.1. The van der Waals surface area contributed by atoms with Crippen molar-refractivity contribution in [1.29, 1.82) is 0 Å². The van der Waals surface area contributed by atoms with Gasteiger partial charge >= 0.3 is 11.9 Å². The number of carbonyl (C=O) groups is 3. The SMILES string of the molecule is COC(=O)/C=C/C(=O)O[C@H]1CCC(=O)C1. The van der Waals surface area contributed by atoms with Gasteiger partial charge in [0.05, 0.1) is 7.11 Å². The molecule has 1 atom stereocenters. The summed E-state index contributed by atoms with van der Waals surface area (Å²) in [5, 5.41) is 0. The van der Waals surface area contributed by atoms with Gasteiger partial charge in [-0.25, -0.2) is 9.59 Å². The Balaban J connectivity index is 2.33. The fourth-order valence-corrected chi connectivity index (χ4v) is 1.29. The number of carbonyl (C=O) groups excluding carboxylic acids is 3. The summed E-state index contributed by atoms with van der Waals surface area (Å²) in [5.41, 5.74) is 0. The van der Waals surface area contributed by atoms with E-state index in [1.54, 1.807) is 0 Å². The molecular formula is C10H12O5. The van der Waals surface area contributed by atoms with Crippen molar-refractivity contribution in [2.24, 2.45) is 0 Å². The quantitative estimate of drug-likeness (QED) is 0.499. The summed E-state index contributed by atoms with van der Waals surface area (Å²) < 4.78 is 9.22. The maximum absolute atomic E-state index is 11.1. The van der Waals surface area contributed by atoms with E-state index in [2.05, 4.69) is 4.74 Å². The van der Waals surface area contributed by atoms with Crippen molar-refractivity contribution in [3.8, 4) is 0 Å². The van der Waals surface area contributed by atoms with Crippen LogP contribution in [0.2, 0.25) is 0 Å². The van der Waals surface area contributed by atoms with Crippen molar-refractivity contribution in [1.82, 2.24) is 0 Å². The third-order valence-corrected chi connectivity index (χ3v) is 2.04. The van der Waals surface area contributed by atoms with E-state index in [1.165, 1.54) is 7.11 Å². The van der Waals surface area contributed by atoms with E-state index in [4.69, 9.17) is 4.74 Å². The zero-order valence-corrected chi connectivity index (χ0v) is 8.39. The van der Waals surface area contributed by atoms with Crippen LogP contribution in [0.3, 0.4) is 0 Å². The van der Waals surface area contributed by atoms with Gasteiger partial charge in [0.25, 0.3) is 0 Å². The van der Waals surface area contributed by atoms with Crippen molar-refractivity contribution in [2.75, 3.05) is 7.11 Å². The summed E-state index contributed by atoms with van der Waals surface area (Å²) >= 11 is 0. The Morgan fingerprint density at radius 3 is 2.53 bits per heavy atom. The smallest absolute Gasteiger partial charge is 0.331 e. The summed E-state index contributed by atoms with van der Waals surface area (Å²) in [5.74, 6) is -1.14. The van der Waals surface area contributed by atoms with E-state index >= 15 is 0 Å². The Kier molecular flexibility index (Phi) is 4.03. The molecule has 0 amide bonds. The Morgan fingerprint density at radius 1 is 1.33 bits per heavy atom. The van der Waals surface area contributed by atoms with Crippen molar-refractivity contribution in [2.45, 2.75) is 25.4 Å². The second-order valence-electron chi connectivity index (χ2n) is 3.20. The highest BCUT2D eigenvalue weighted by Crippen LogP contribution is 2.18. The summed E-state index contributed by atoms with van der Waals surface area (Å²) in [6.45, 7) is 0. The first-order chi connectivity index (χ1) is 7.11. The van der Waals surface area contributed by atoms with Gasteiger partial charge in [0.1, 0.15) is 11.9 Å². The zero-order chi connectivity index (χ0) is 11.3. The lowest BCUT2D eigenvalue weighted by Gasteiger charge is -2.07. The van der Waals surface area contributed by atoms with E-state index in [0.717, 1.165) is 12.2 Å². The number of rotatable bonds is 3. The number of hydrogen-bond donors (Lipinski definition) is 0. The van der Waals surface area contributed by atoms with Crippen LogP contribution in [0, 0.1) is 0 Å². The molecule has 0 aliphatic heterocycles. The largest absolute Gasteiger partial charge is 0.466 e. The number of hydrogen-bond acceptors (Lipinski definition) is 5. The van der Waals surface area contributed by atoms with Crippen LogP contribution < -0.4 is 0 Å². The van der Waals surface area contributed by atoms with Crippen molar-refractivity contribution in [3.63, 3.8) is 0 Å². The molecule has 1 saturated carbocycles. The van der Waals surface area contributed by atoms with Crippen LogP contribution in [0.5, 0.6) is 0 Å². The molecule has 82 valence electrons. The molecule has 0 bridgehead atoms. The van der Waals surface area contributed by atoms with Crippen LogP contribution in [-0.2, 0) is 23.9 Å². The molecule has 0 spiro atoms. The molecule has 0 aromatic heterocycles. The lowest BCUT2D eigenvalue weighted by molar-refractivity contribution is -0.143. The summed E-state index contributed by atoms with van der Waals surface area (Å²) in [6.07, 6.45) is 2.94. The van der Waals surface area contributed by atoms with Crippen LogP contribution in [-0.4, -0.2) is 30.9 Å². The molecule has 5 heteroatoms. The van der Waals surface area contributed by atoms with Gasteiger partial charge in [-0.1, -0.05) is 0 Å². The van der Waals surface area contributed by atoms with Crippen LogP contribution >= 0.6 is 0 Å². The van der Waals surface area contributed by atoms with Crippen molar-refractivity contribution < 1.29 is 23.9 Å². The van der Waals surface area contributed by atoms with E-state index in [0.29, 0.717) is 12.8 Å². The molecule has 15 heavy (non-hydrogen) atoms. The zero-order valence-electron chi connectivity index (χ0n) is 8.39. The number of ether oxygens (including phenoxy) is 2. The fraction of sp³-hybridized carbons (Fsp3) is 0.500. The molecule has 0 saturated heterocycles. The molecule has 0 unspecified atom stereocenters. The molecule has 1 fully saturated rings. The van der Waals surface area contributed by atoms with Crippen LogP contribution in [0.15, 0.2) is 12.2 Å². The van der Waals surface area contributed by atoms with Gasteiger partial charge in [-0.3, -0.25) is 4.79 Å². The number of esters is 2. The Bertz CT molecular complexity index is 305. The van der Waals surface area contributed by atoms with Gasteiger partial charge in [0, 0.05) is 25.0 Å². The maximum Gasteiger partial charge on any atom is 0.331 e. The lowest BCUT2D eigenvalue weighted by Crippen LogP contribution is -2.13. The van der Waals surface area contributed by atoms with E-state index in [9.17, 15) is 14.4 Å². The topological polar surface area (TPSA) is 69.7 Å². The van der Waals surface area contributed by atoms with Gasteiger partial charge in [-0.2, -0.15) is 0 Å². The number of methoxy groups -OCH3 is 1. The monoisotopic (exact) mass is 212 g/mol. The molecule has 0 N–H and O–H groups in total. The van der Waals surface area contributed by atoms with Gasteiger partial charge in [0.15, 0.2) is 0 Å². The molecule has 0 heterocycles. The van der Waals surface area contributed by atoms with Crippen molar-refractivity contribution >= 4 is 17.7 Å². The van der Waals surface area contributed by atoms with Gasteiger partial charge in [-0.05, 0) is 6.42 Å². The third kappa shape index (κ3) is 3.93. The lowest BCUT2D eigenvalue weighted by atomic mass is 10.3. The minimum atomic E-state index is -0.625. The molecule has 0 radical (unpaired) electrons. The first kappa shape index (κ1) is 11.4. The van der Waals surface area contributed by atoms with Crippen LogP contribution in [0.1, 0.15) is 19.3 Å². The molecule has 1 aliphatic rings. The molecule has 0 aromatic carbocycles. The number of ketones is 1. The highest BCUT2D eigenvalue weighted by atomic mass is 16.5. The summed E-state index contributed by atoms with van der Waals surface area (Å²) in [6, 6.07) is 0. The van der Waals surface area contributed by atoms with Gasteiger partial charge < -0.3 is 9.47 Å². The predicted octanol–water partition coefficient (Wildman–Crippen LogP) is 0.380. The third-order valence-electron chi connectivity index (χ3n) is 2.04. The van der Waals surface area contributed by atoms with E-state index in [-0.39, 0.29) is 18.3 Å². The highest BCUT2D eigenvalue weighted by Gasteiger charge is 2.24. The standard InChI is InChI=1S/C10H12O5/c1-14-9(12)4-5-10(13)15-8-3-2-7(11)6-8/h4-5,8H,2-3,6H2,1H3/b5-4+/t8-/m0/s1. The molecule has 1 aliphatic carbocycles. The minimum Gasteiger partial charge on any atom is -0.466 e. The first-order valence-electron chi connectivity index (χ1n) is 4.60. The van der Waals surface area contributed by atoms with Crippen molar-refractivity contribution in [3.05, 3.63) is 12.2 Å². The minimum absolute atomic E-state index is 0.102. The average Bonchev–Trinajstić information content (AvgIpc) is 2.60. The molecular weight excluding hydrogens is 200 g/mol. The van der Waals surface area contributed by atoms with Crippen LogP contribution in [0.25, 0.3) is 0 Å². The molecule has 5 nitrogen and oxygen atoms in total. The first-order valence-corrected chi connectivity index (χ1v) is 4.60. The Labute approximate surface area is 87.0 Å².